The Morgan fingerprint density at radius 3 is 2.76 bits per heavy atom. The summed E-state index contributed by atoms with van der Waals surface area (Å²) >= 11 is 1.69. The van der Waals surface area contributed by atoms with Gasteiger partial charge in [-0.1, -0.05) is 30.3 Å². The second-order valence-corrected chi connectivity index (χ2v) is 6.55. The molecule has 112 valence electrons. The van der Waals surface area contributed by atoms with Crippen molar-refractivity contribution in [1.82, 2.24) is 10.3 Å². The van der Waals surface area contributed by atoms with E-state index in [1.54, 1.807) is 11.3 Å². The lowest BCUT2D eigenvalue weighted by molar-refractivity contribution is -0.0616. The van der Waals surface area contributed by atoms with Gasteiger partial charge in [0.15, 0.2) is 0 Å². The molecule has 2 aromatic rings. The largest absolute Gasteiger partial charge is 0.388 e. The van der Waals surface area contributed by atoms with E-state index in [0.29, 0.717) is 32.6 Å². The van der Waals surface area contributed by atoms with Gasteiger partial charge in [0.1, 0.15) is 5.01 Å². The van der Waals surface area contributed by atoms with Crippen molar-refractivity contribution in [2.75, 3.05) is 19.8 Å². The zero-order valence-corrected chi connectivity index (χ0v) is 12.7. The van der Waals surface area contributed by atoms with Gasteiger partial charge in [-0.2, -0.15) is 0 Å². The summed E-state index contributed by atoms with van der Waals surface area (Å²) in [5, 5.41) is 14.8. The van der Waals surface area contributed by atoms with Gasteiger partial charge in [0.05, 0.1) is 5.60 Å². The summed E-state index contributed by atoms with van der Waals surface area (Å²) in [6.07, 6.45) is 3.32. The molecule has 0 spiro atoms. The number of benzene rings is 1. The maximum Gasteiger partial charge on any atom is 0.123 e. The molecule has 21 heavy (non-hydrogen) atoms. The van der Waals surface area contributed by atoms with Crippen LogP contribution in [0, 0.1) is 0 Å². The first-order valence-corrected chi connectivity index (χ1v) is 8.08. The third-order valence-corrected chi connectivity index (χ3v) is 4.80. The molecule has 0 aliphatic carbocycles. The minimum atomic E-state index is -0.620. The van der Waals surface area contributed by atoms with Crippen LogP contribution in [0.2, 0.25) is 0 Å². The summed E-state index contributed by atoms with van der Waals surface area (Å²) in [5.41, 5.74) is 0.530. The van der Waals surface area contributed by atoms with E-state index in [4.69, 9.17) is 4.74 Å². The quantitative estimate of drug-likeness (QED) is 0.891. The summed E-state index contributed by atoms with van der Waals surface area (Å²) in [5.74, 6) is 0. The highest BCUT2D eigenvalue weighted by Crippen LogP contribution is 2.25. The molecule has 3 rings (SSSR count). The standard InChI is InChI=1S/C16H20N2O2S/c19-16(6-8-20-9-7-16)12-17-10-14-11-18-15(21-14)13-4-2-1-3-5-13/h1-5,11,17,19H,6-10,12H2. The summed E-state index contributed by atoms with van der Waals surface area (Å²) in [6.45, 7) is 2.65. The zero-order valence-electron chi connectivity index (χ0n) is 11.9. The van der Waals surface area contributed by atoms with Gasteiger partial charge in [0, 0.05) is 55.8 Å². The van der Waals surface area contributed by atoms with E-state index < -0.39 is 5.60 Å². The van der Waals surface area contributed by atoms with Gasteiger partial charge in [-0.25, -0.2) is 4.98 Å². The fraction of sp³-hybridized carbons (Fsp3) is 0.438. The predicted molar refractivity (Wildman–Crippen MR) is 84.3 cm³/mol. The van der Waals surface area contributed by atoms with E-state index in [2.05, 4.69) is 22.4 Å². The lowest BCUT2D eigenvalue weighted by Crippen LogP contribution is -2.44. The van der Waals surface area contributed by atoms with Crippen molar-refractivity contribution in [3.8, 4) is 10.6 Å². The van der Waals surface area contributed by atoms with E-state index >= 15 is 0 Å². The zero-order chi connectivity index (χ0) is 14.5. The number of nitrogens with zero attached hydrogens (tertiary/aromatic N) is 1. The molecule has 5 heteroatoms. The van der Waals surface area contributed by atoms with Gasteiger partial charge in [-0.05, 0) is 0 Å². The third kappa shape index (κ3) is 3.89. The SMILES string of the molecule is OC1(CNCc2cnc(-c3ccccc3)s2)CCOCC1. The van der Waals surface area contributed by atoms with E-state index in [1.807, 2.05) is 24.4 Å². The molecule has 0 bridgehead atoms. The van der Waals surface area contributed by atoms with Crippen molar-refractivity contribution >= 4 is 11.3 Å². The molecule has 1 fully saturated rings. The number of rotatable bonds is 5. The summed E-state index contributed by atoms with van der Waals surface area (Å²) < 4.78 is 5.29. The average Bonchev–Trinajstić information content (AvgIpc) is 2.98. The first kappa shape index (κ1) is 14.7. The number of aromatic nitrogens is 1. The van der Waals surface area contributed by atoms with Gasteiger partial charge in [-0.3, -0.25) is 0 Å². The van der Waals surface area contributed by atoms with Crippen LogP contribution in [0.15, 0.2) is 36.5 Å². The van der Waals surface area contributed by atoms with Crippen LogP contribution in [-0.4, -0.2) is 35.5 Å². The number of thiazole rings is 1. The molecular weight excluding hydrogens is 284 g/mol. The molecule has 0 unspecified atom stereocenters. The van der Waals surface area contributed by atoms with E-state index in [-0.39, 0.29) is 0 Å². The molecule has 1 aromatic carbocycles. The molecule has 0 amide bonds. The molecule has 0 saturated carbocycles. The summed E-state index contributed by atoms with van der Waals surface area (Å²) in [6, 6.07) is 10.2. The first-order chi connectivity index (χ1) is 10.3. The number of aliphatic hydroxyl groups is 1. The van der Waals surface area contributed by atoms with Crippen molar-refractivity contribution in [2.24, 2.45) is 0 Å². The van der Waals surface area contributed by atoms with Crippen molar-refractivity contribution in [1.29, 1.82) is 0 Å². The number of hydrogen-bond donors (Lipinski definition) is 2. The minimum absolute atomic E-state index is 0.606. The molecule has 1 saturated heterocycles. The monoisotopic (exact) mass is 304 g/mol. The summed E-state index contributed by atoms with van der Waals surface area (Å²) in [4.78, 5) is 5.65. The maximum atomic E-state index is 10.4. The Hall–Kier alpha value is -1.27. The van der Waals surface area contributed by atoms with E-state index in [1.165, 1.54) is 4.88 Å². The van der Waals surface area contributed by atoms with Crippen LogP contribution in [0.4, 0.5) is 0 Å². The summed E-state index contributed by atoms with van der Waals surface area (Å²) in [7, 11) is 0. The molecule has 0 radical (unpaired) electrons. The third-order valence-electron chi connectivity index (χ3n) is 3.75. The maximum absolute atomic E-state index is 10.4. The molecule has 2 N–H and O–H groups in total. The highest BCUT2D eigenvalue weighted by atomic mass is 32.1. The molecule has 1 aliphatic rings. The second-order valence-electron chi connectivity index (χ2n) is 5.44. The fourth-order valence-corrected chi connectivity index (χ4v) is 3.34. The Morgan fingerprint density at radius 2 is 2.00 bits per heavy atom. The van der Waals surface area contributed by atoms with Crippen LogP contribution < -0.4 is 5.32 Å². The number of nitrogens with one attached hydrogen (secondary N) is 1. The molecule has 2 heterocycles. The Kier molecular flexibility index (Phi) is 4.65. The van der Waals surface area contributed by atoms with Crippen molar-refractivity contribution in [2.45, 2.75) is 25.0 Å². The second kappa shape index (κ2) is 6.66. The highest BCUT2D eigenvalue weighted by Gasteiger charge is 2.29. The molecule has 0 atom stereocenters. The van der Waals surface area contributed by atoms with Crippen LogP contribution in [0.5, 0.6) is 0 Å². The number of hydrogen-bond acceptors (Lipinski definition) is 5. The van der Waals surface area contributed by atoms with Crippen molar-refractivity contribution < 1.29 is 9.84 Å². The highest BCUT2D eigenvalue weighted by molar-refractivity contribution is 7.15. The van der Waals surface area contributed by atoms with Crippen molar-refractivity contribution in [3.05, 3.63) is 41.4 Å². The lowest BCUT2D eigenvalue weighted by Gasteiger charge is -2.32. The van der Waals surface area contributed by atoms with Gasteiger partial charge in [0.2, 0.25) is 0 Å². The van der Waals surface area contributed by atoms with Crippen LogP contribution >= 0.6 is 11.3 Å². The Labute approximate surface area is 128 Å². The van der Waals surface area contributed by atoms with Crippen LogP contribution in [-0.2, 0) is 11.3 Å². The van der Waals surface area contributed by atoms with Crippen LogP contribution in [0.3, 0.4) is 0 Å². The lowest BCUT2D eigenvalue weighted by atomic mass is 9.94. The van der Waals surface area contributed by atoms with E-state index in [9.17, 15) is 5.11 Å². The van der Waals surface area contributed by atoms with Gasteiger partial charge in [0.25, 0.3) is 0 Å². The molecule has 4 nitrogen and oxygen atoms in total. The van der Waals surface area contributed by atoms with E-state index in [0.717, 1.165) is 17.1 Å². The average molecular weight is 304 g/mol. The Bertz CT molecular complexity index is 565. The fourth-order valence-electron chi connectivity index (χ4n) is 2.45. The topological polar surface area (TPSA) is 54.4 Å². The number of ether oxygens (including phenoxy) is 1. The predicted octanol–water partition coefficient (Wildman–Crippen LogP) is 2.44. The Morgan fingerprint density at radius 1 is 1.24 bits per heavy atom. The van der Waals surface area contributed by atoms with Gasteiger partial charge < -0.3 is 15.2 Å². The van der Waals surface area contributed by atoms with Crippen LogP contribution in [0.25, 0.3) is 10.6 Å². The smallest absolute Gasteiger partial charge is 0.123 e. The first-order valence-electron chi connectivity index (χ1n) is 7.26. The minimum Gasteiger partial charge on any atom is -0.388 e. The normalized spacial score (nSPS) is 17.8. The molecule has 1 aliphatic heterocycles. The molecule has 1 aromatic heterocycles. The van der Waals surface area contributed by atoms with Gasteiger partial charge in [-0.15, -0.1) is 11.3 Å². The van der Waals surface area contributed by atoms with Gasteiger partial charge >= 0.3 is 0 Å². The van der Waals surface area contributed by atoms with Crippen LogP contribution in [0.1, 0.15) is 17.7 Å². The van der Waals surface area contributed by atoms with Crippen molar-refractivity contribution in [3.63, 3.8) is 0 Å². The molecular formula is C16H20N2O2S. The Balaban J connectivity index is 1.53.